The topological polar surface area (TPSA) is 90.4 Å². The van der Waals surface area contributed by atoms with Crippen molar-refractivity contribution in [3.05, 3.63) is 78.9 Å². The Bertz CT molecular complexity index is 1420. The van der Waals surface area contributed by atoms with Crippen LogP contribution in [-0.4, -0.2) is 76.6 Å². The molecule has 2 aromatic rings. The third-order valence-electron chi connectivity index (χ3n) is 9.32. The molecule has 3 aliphatic heterocycles. The second-order valence-corrected chi connectivity index (χ2v) is 13.9. The quantitative estimate of drug-likeness (QED) is 0.212. The van der Waals surface area contributed by atoms with Crippen LogP contribution in [0.2, 0.25) is 5.02 Å². The number of ether oxygens (including phenoxy) is 1. The molecule has 6 atom stereocenters. The molecule has 240 valence electrons. The molecular weight excluding hydrogens is 610 g/mol. The van der Waals surface area contributed by atoms with Crippen LogP contribution < -0.4 is 14.5 Å². The number of unbranched alkanes of at least 4 members (excludes halogenated alkanes) is 1. The number of aliphatic hydroxyl groups is 1. The van der Waals surface area contributed by atoms with E-state index in [1.807, 2.05) is 31.2 Å². The van der Waals surface area contributed by atoms with Gasteiger partial charge in [0.05, 0.1) is 23.2 Å². The summed E-state index contributed by atoms with van der Waals surface area (Å²) >= 11 is 7.82. The SMILES string of the molecule is C=CCN(C(=O)C1N(CCCCO)C(=O)[C@@H]2[C@@H](C(=O)N(CC=C)c3ccc(OCC)cc3)[C@H]3CC(C)C12S3)c1ccc(Cl)cc1. The third-order valence-corrected chi connectivity index (χ3v) is 11.7. The van der Waals surface area contributed by atoms with E-state index in [1.54, 1.807) is 62.9 Å². The molecule has 0 saturated carbocycles. The highest BCUT2D eigenvalue weighted by Gasteiger charge is 2.76. The fraction of sp³-hybridized carbons (Fsp3) is 0.457. The predicted octanol–water partition coefficient (Wildman–Crippen LogP) is 5.59. The van der Waals surface area contributed by atoms with Gasteiger partial charge in [-0.05, 0) is 80.6 Å². The summed E-state index contributed by atoms with van der Waals surface area (Å²) in [5.41, 5.74) is 1.37. The zero-order chi connectivity index (χ0) is 32.3. The smallest absolute Gasteiger partial charge is 0.251 e. The molecule has 2 aromatic carbocycles. The Labute approximate surface area is 275 Å². The highest BCUT2D eigenvalue weighted by Crippen LogP contribution is 2.69. The van der Waals surface area contributed by atoms with E-state index < -0.39 is 22.6 Å². The molecule has 8 nitrogen and oxygen atoms in total. The molecule has 0 radical (unpaired) electrons. The molecule has 1 spiro atoms. The number of carbonyl (C=O) groups is 3. The molecule has 5 rings (SSSR count). The van der Waals surface area contributed by atoms with Gasteiger partial charge in [-0.15, -0.1) is 24.9 Å². The number of fused-ring (bicyclic) bond motifs is 1. The summed E-state index contributed by atoms with van der Waals surface area (Å²) in [6, 6.07) is 13.7. The van der Waals surface area contributed by atoms with Gasteiger partial charge < -0.3 is 24.5 Å². The van der Waals surface area contributed by atoms with E-state index in [2.05, 4.69) is 20.1 Å². The first kappa shape index (κ1) is 33.1. The molecule has 3 heterocycles. The number of hydrogen-bond donors (Lipinski definition) is 1. The number of nitrogens with zero attached hydrogens (tertiary/aromatic N) is 3. The number of amides is 3. The number of anilines is 2. The lowest BCUT2D eigenvalue weighted by Gasteiger charge is -2.41. The Morgan fingerprint density at radius 1 is 1.04 bits per heavy atom. The first-order chi connectivity index (χ1) is 21.7. The van der Waals surface area contributed by atoms with Crippen LogP contribution in [0.5, 0.6) is 5.75 Å². The normalized spacial score (nSPS) is 26.4. The summed E-state index contributed by atoms with van der Waals surface area (Å²) in [6.07, 6.45) is 5.15. The number of likely N-dealkylation sites (tertiary alicyclic amines) is 1. The standard InChI is InChI=1S/C35H42ClN3O5S/c1-5-18-37(26-14-16-27(17-15-26)44-7-3)32(41)29-28-22-23(4)35(45-28)30(29)33(42)39(20-8-9-21-40)31(35)34(43)38(19-6-2)25-12-10-24(36)11-13-25/h5-6,10-17,23,28-31,40H,1-2,7-9,18-22H2,3-4H3/t23?,28-,29+,30+,31?,35?/m1/s1. The Kier molecular flexibility index (Phi) is 10.3. The number of rotatable bonds is 14. The largest absolute Gasteiger partial charge is 0.494 e. The lowest BCUT2D eigenvalue weighted by molar-refractivity contribution is -0.139. The van der Waals surface area contributed by atoms with Crippen molar-refractivity contribution in [1.82, 2.24) is 4.90 Å². The van der Waals surface area contributed by atoms with E-state index in [4.69, 9.17) is 16.3 Å². The maximum Gasteiger partial charge on any atom is 0.251 e. The molecule has 3 fully saturated rings. The molecule has 3 saturated heterocycles. The first-order valence-corrected chi connectivity index (χ1v) is 16.9. The zero-order valence-electron chi connectivity index (χ0n) is 25.9. The van der Waals surface area contributed by atoms with Gasteiger partial charge in [0.1, 0.15) is 11.8 Å². The van der Waals surface area contributed by atoms with Crippen LogP contribution in [0.25, 0.3) is 0 Å². The van der Waals surface area contributed by atoms with Crippen LogP contribution in [0.15, 0.2) is 73.8 Å². The highest BCUT2D eigenvalue weighted by atomic mass is 35.5. The number of benzene rings is 2. The van der Waals surface area contributed by atoms with Crippen molar-refractivity contribution >= 4 is 52.5 Å². The molecule has 2 bridgehead atoms. The predicted molar refractivity (Wildman–Crippen MR) is 181 cm³/mol. The molecule has 0 aromatic heterocycles. The van der Waals surface area contributed by atoms with Gasteiger partial charge in [0.2, 0.25) is 11.8 Å². The van der Waals surface area contributed by atoms with Crippen LogP contribution in [0.1, 0.15) is 33.1 Å². The summed E-state index contributed by atoms with van der Waals surface area (Å²) in [6.45, 7) is 13.2. The maximum absolute atomic E-state index is 14.8. The number of aliphatic hydroxyl groups excluding tert-OH is 1. The van der Waals surface area contributed by atoms with Crippen molar-refractivity contribution in [3.63, 3.8) is 0 Å². The van der Waals surface area contributed by atoms with Gasteiger partial charge in [0, 0.05) is 47.9 Å². The van der Waals surface area contributed by atoms with Gasteiger partial charge in [-0.25, -0.2) is 0 Å². The van der Waals surface area contributed by atoms with Gasteiger partial charge in [-0.1, -0.05) is 30.7 Å². The van der Waals surface area contributed by atoms with Crippen LogP contribution in [0.3, 0.4) is 0 Å². The van der Waals surface area contributed by atoms with Crippen LogP contribution >= 0.6 is 23.4 Å². The van der Waals surface area contributed by atoms with Crippen molar-refractivity contribution < 1.29 is 24.2 Å². The van der Waals surface area contributed by atoms with Crippen molar-refractivity contribution in [2.75, 3.05) is 42.6 Å². The van der Waals surface area contributed by atoms with Gasteiger partial charge in [0.25, 0.3) is 5.91 Å². The zero-order valence-corrected chi connectivity index (χ0v) is 27.5. The van der Waals surface area contributed by atoms with E-state index in [0.29, 0.717) is 48.1 Å². The van der Waals surface area contributed by atoms with Crippen LogP contribution in [0, 0.1) is 17.8 Å². The van der Waals surface area contributed by atoms with Gasteiger partial charge in [-0.3, -0.25) is 14.4 Å². The second-order valence-electron chi connectivity index (χ2n) is 11.9. The van der Waals surface area contributed by atoms with Crippen molar-refractivity contribution in [2.45, 2.75) is 49.1 Å². The van der Waals surface area contributed by atoms with Gasteiger partial charge >= 0.3 is 0 Å². The van der Waals surface area contributed by atoms with Crippen molar-refractivity contribution in [3.8, 4) is 5.75 Å². The molecular formula is C35H42ClN3O5S. The Morgan fingerprint density at radius 3 is 2.22 bits per heavy atom. The molecule has 3 aliphatic rings. The van der Waals surface area contributed by atoms with Crippen LogP contribution in [0.4, 0.5) is 11.4 Å². The Hall–Kier alpha value is -3.27. The monoisotopic (exact) mass is 651 g/mol. The number of carbonyl (C=O) groups excluding carboxylic acids is 3. The number of thioether (sulfide) groups is 1. The molecule has 3 amide bonds. The van der Waals surface area contributed by atoms with E-state index in [-0.39, 0.29) is 48.6 Å². The highest BCUT2D eigenvalue weighted by molar-refractivity contribution is 8.02. The minimum atomic E-state index is -0.775. The second kappa shape index (κ2) is 14.0. The molecule has 1 N–H and O–H groups in total. The van der Waals surface area contributed by atoms with Crippen molar-refractivity contribution in [2.24, 2.45) is 17.8 Å². The fourth-order valence-electron chi connectivity index (χ4n) is 7.46. The Balaban J connectivity index is 1.55. The average molecular weight is 652 g/mol. The van der Waals surface area contributed by atoms with E-state index >= 15 is 0 Å². The average Bonchev–Trinajstić information content (AvgIpc) is 3.63. The molecule has 10 heteroatoms. The molecule has 45 heavy (non-hydrogen) atoms. The lowest BCUT2D eigenvalue weighted by atomic mass is 9.65. The minimum absolute atomic E-state index is 0.00445. The minimum Gasteiger partial charge on any atom is -0.494 e. The van der Waals surface area contributed by atoms with Crippen LogP contribution in [-0.2, 0) is 14.4 Å². The van der Waals surface area contributed by atoms with Gasteiger partial charge in [0.15, 0.2) is 0 Å². The molecule has 0 aliphatic carbocycles. The fourth-order valence-corrected chi connectivity index (χ4v) is 9.99. The Morgan fingerprint density at radius 2 is 1.64 bits per heavy atom. The van der Waals surface area contributed by atoms with E-state index in [1.165, 1.54) is 0 Å². The summed E-state index contributed by atoms with van der Waals surface area (Å²) < 4.78 is 4.83. The third kappa shape index (κ3) is 5.90. The summed E-state index contributed by atoms with van der Waals surface area (Å²) in [5.74, 6) is -0.995. The molecule has 3 unspecified atom stereocenters. The summed E-state index contributed by atoms with van der Waals surface area (Å²) in [7, 11) is 0. The summed E-state index contributed by atoms with van der Waals surface area (Å²) in [4.78, 5) is 49.0. The summed E-state index contributed by atoms with van der Waals surface area (Å²) in [5, 5.41) is 9.98. The van der Waals surface area contributed by atoms with Crippen molar-refractivity contribution in [1.29, 1.82) is 0 Å². The number of halogens is 1. The lowest BCUT2D eigenvalue weighted by Crippen LogP contribution is -2.57. The first-order valence-electron chi connectivity index (χ1n) is 15.7. The maximum atomic E-state index is 14.8. The van der Waals surface area contributed by atoms with E-state index in [9.17, 15) is 19.5 Å². The van der Waals surface area contributed by atoms with E-state index in [0.717, 1.165) is 6.42 Å². The van der Waals surface area contributed by atoms with Gasteiger partial charge in [-0.2, -0.15) is 0 Å². The number of hydrogen-bond acceptors (Lipinski definition) is 6.